The third kappa shape index (κ3) is 5.51. The average molecular weight is 467 g/mol. The van der Waals surface area contributed by atoms with Crippen molar-refractivity contribution in [3.05, 3.63) is 63.8 Å². The van der Waals surface area contributed by atoms with Gasteiger partial charge in [-0.15, -0.1) is 11.3 Å². The van der Waals surface area contributed by atoms with E-state index in [2.05, 4.69) is 21.9 Å². The van der Waals surface area contributed by atoms with Crippen LogP contribution < -0.4 is 10.6 Å². The molecule has 0 saturated carbocycles. The van der Waals surface area contributed by atoms with E-state index < -0.39 is 6.09 Å². The minimum atomic E-state index is -0.499. The van der Waals surface area contributed by atoms with Crippen LogP contribution in [-0.4, -0.2) is 23.8 Å². The van der Waals surface area contributed by atoms with Crippen LogP contribution in [0.15, 0.2) is 39.6 Å². The van der Waals surface area contributed by atoms with Gasteiger partial charge >= 0.3 is 6.09 Å². The van der Waals surface area contributed by atoms with Gasteiger partial charge in [0.25, 0.3) is 0 Å². The van der Waals surface area contributed by atoms with Crippen molar-refractivity contribution < 1.29 is 23.3 Å². The lowest BCUT2D eigenvalue weighted by Gasteiger charge is -2.21. The zero-order valence-corrected chi connectivity index (χ0v) is 18.7. The van der Waals surface area contributed by atoms with Gasteiger partial charge in [0.05, 0.1) is 31.2 Å². The number of hydrogen-bond acceptors (Lipinski definition) is 8. The van der Waals surface area contributed by atoms with Gasteiger partial charge in [0, 0.05) is 16.5 Å². The van der Waals surface area contributed by atoms with Gasteiger partial charge in [0.15, 0.2) is 0 Å². The third-order valence-electron chi connectivity index (χ3n) is 5.38. The lowest BCUT2D eigenvalue weighted by molar-refractivity contribution is -0.111. The van der Waals surface area contributed by atoms with E-state index in [4.69, 9.17) is 13.7 Å². The van der Waals surface area contributed by atoms with Crippen molar-refractivity contribution in [1.82, 2.24) is 10.5 Å². The number of anilines is 1. The predicted octanol–water partition coefficient (Wildman–Crippen LogP) is 4.19. The molecule has 0 saturated heterocycles. The molecule has 1 aliphatic rings. The molecule has 1 aliphatic carbocycles. The molecule has 0 radical (unpaired) electrons. The number of nitriles is 1. The SMILES string of the molecule is Cc1oncc1CNC(=O)OCC1CCc2c(sc(NC(=O)C=Cc3ccco3)c2C#N)C1. The minimum absolute atomic E-state index is 0.146. The number of hydrogen-bond donors (Lipinski definition) is 2. The largest absolute Gasteiger partial charge is 0.465 e. The number of furan rings is 1. The summed E-state index contributed by atoms with van der Waals surface area (Å²) in [7, 11) is 0. The van der Waals surface area contributed by atoms with Crippen LogP contribution in [0.1, 0.15) is 39.5 Å². The lowest BCUT2D eigenvalue weighted by atomic mass is 9.88. The number of carbonyl (C=O) groups is 2. The number of fused-ring (bicyclic) bond motifs is 1. The molecule has 0 fully saturated rings. The second-order valence-electron chi connectivity index (χ2n) is 7.63. The molecule has 3 aromatic heterocycles. The zero-order valence-electron chi connectivity index (χ0n) is 17.9. The van der Waals surface area contributed by atoms with Crippen LogP contribution in [0.4, 0.5) is 9.80 Å². The number of alkyl carbamates (subject to hydrolysis) is 1. The first-order valence-electron chi connectivity index (χ1n) is 10.4. The highest BCUT2D eigenvalue weighted by Crippen LogP contribution is 2.39. The van der Waals surface area contributed by atoms with Crippen LogP contribution in [0.25, 0.3) is 6.08 Å². The fourth-order valence-corrected chi connectivity index (χ4v) is 4.92. The Morgan fingerprint density at radius 1 is 1.45 bits per heavy atom. The molecule has 0 aromatic carbocycles. The number of rotatable bonds is 7. The van der Waals surface area contributed by atoms with Crippen LogP contribution in [0, 0.1) is 24.2 Å². The number of aryl methyl sites for hydroxylation is 1. The number of thiophene rings is 1. The Morgan fingerprint density at radius 3 is 3.06 bits per heavy atom. The van der Waals surface area contributed by atoms with Gasteiger partial charge in [-0.05, 0) is 55.9 Å². The second-order valence-corrected chi connectivity index (χ2v) is 8.73. The molecule has 3 heterocycles. The molecule has 9 nitrogen and oxygen atoms in total. The lowest BCUT2D eigenvalue weighted by Crippen LogP contribution is -2.27. The number of amides is 2. The summed E-state index contributed by atoms with van der Waals surface area (Å²) in [5.41, 5.74) is 2.28. The van der Waals surface area contributed by atoms with Crippen molar-refractivity contribution in [1.29, 1.82) is 5.26 Å². The third-order valence-corrected chi connectivity index (χ3v) is 6.55. The first-order valence-corrected chi connectivity index (χ1v) is 11.2. The minimum Gasteiger partial charge on any atom is -0.465 e. The highest BCUT2D eigenvalue weighted by atomic mass is 32.1. The molecule has 1 unspecified atom stereocenters. The topological polar surface area (TPSA) is 130 Å². The number of ether oxygens (including phenoxy) is 1. The summed E-state index contributed by atoms with van der Waals surface area (Å²) >= 11 is 1.40. The molecule has 2 N–H and O–H groups in total. The number of nitrogens with one attached hydrogen (secondary N) is 2. The maximum atomic E-state index is 12.3. The van der Waals surface area contributed by atoms with Gasteiger partial charge in [-0.2, -0.15) is 5.26 Å². The molecule has 10 heteroatoms. The highest BCUT2D eigenvalue weighted by molar-refractivity contribution is 7.16. The van der Waals surface area contributed by atoms with E-state index >= 15 is 0 Å². The summed E-state index contributed by atoms with van der Waals surface area (Å²) in [5, 5.41) is 19.3. The van der Waals surface area contributed by atoms with Crippen LogP contribution in [0.3, 0.4) is 0 Å². The molecular formula is C23H22N4O5S. The summed E-state index contributed by atoms with van der Waals surface area (Å²) in [5.74, 6) is 1.04. The van der Waals surface area contributed by atoms with E-state index in [1.165, 1.54) is 23.7 Å². The Labute approximate surface area is 194 Å². The molecule has 0 bridgehead atoms. The standard InChI is InChI=1S/C23H22N4O5S/c1-14-16(12-26-32-14)11-25-23(29)31-13-15-4-6-18-19(10-24)22(33-20(18)9-15)27-21(28)7-5-17-3-2-8-30-17/h2-3,5,7-8,12,15H,4,6,9,11,13H2,1H3,(H,25,29)(H,27,28). The molecule has 170 valence electrons. The highest BCUT2D eigenvalue weighted by Gasteiger charge is 2.27. The van der Waals surface area contributed by atoms with Gasteiger partial charge in [-0.3, -0.25) is 4.79 Å². The van der Waals surface area contributed by atoms with Gasteiger partial charge < -0.3 is 24.3 Å². The maximum absolute atomic E-state index is 12.3. The number of nitrogens with zero attached hydrogens (tertiary/aromatic N) is 2. The summed E-state index contributed by atoms with van der Waals surface area (Å²) in [4.78, 5) is 25.3. The van der Waals surface area contributed by atoms with Crippen molar-refractivity contribution in [3.8, 4) is 6.07 Å². The summed E-state index contributed by atoms with van der Waals surface area (Å²) in [6, 6.07) is 5.70. The van der Waals surface area contributed by atoms with E-state index in [0.717, 1.165) is 22.4 Å². The van der Waals surface area contributed by atoms with Crippen molar-refractivity contribution in [2.45, 2.75) is 32.7 Å². The van der Waals surface area contributed by atoms with Crippen molar-refractivity contribution >= 4 is 34.4 Å². The maximum Gasteiger partial charge on any atom is 0.407 e. The van der Waals surface area contributed by atoms with Crippen LogP contribution in [-0.2, 0) is 28.9 Å². The Kier molecular flexibility index (Phi) is 6.90. The van der Waals surface area contributed by atoms with Crippen LogP contribution in [0.2, 0.25) is 0 Å². The second kappa shape index (κ2) is 10.2. The van der Waals surface area contributed by atoms with E-state index in [9.17, 15) is 14.9 Å². The monoisotopic (exact) mass is 466 g/mol. The predicted molar refractivity (Wildman–Crippen MR) is 120 cm³/mol. The normalized spacial score (nSPS) is 15.1. The van der Waals surface area contributed by atoms with E-state index in [1.807, 2.05) is 0 Å². The molecule has 1 atom stereocenters. The average Bonchev–Trinajstić information content (AvgIpc) is 3.54. The van der Waals surface area contributed by atoms with E-state index in [0.29, 0.717) is 34.9 Å². The summed E-state index contributed by atoms with van der Waals surface area (Å²) in [6.45, 7) is 2.34. The van der Waals surface area contributed by atoms with Gasteiger partial charge in [-0.1, -0.05) is 5.16 Å². The smallest absolute Gasteiger partial charge is 0.407 e. The molecule has 3 aromatic rings. The Morgan fingerprint density at radius 2 is 2.33 bits per heavy atom. The molecular weight excluding hydrogens is 444 g/mol. The first kappa shape index (κ1) is 22.4. The summed E-state index contributed by atoms with van der Waals surface area (Å²) < 4.78 is 15.5. The van der Waals surface area contributed by atoms with E-state index in [1.54, 1.807) is 31.3 Å². The summed E-state index contributed by atoms with van der Waals surface area (Å²) in [6.07, 6.45) is 7.70. The zero-order chi connectivity index (χ0) is 23.2. The molecule has 33 heavy (non-hydrogen) atoms. The molecule has 0 aliphatic heterocycles. The van der Waals surface area contributed by atoms with Crippen LogP contribution >= 0.6 is 11.3 Å². The Hall–Kier alpha value is -3.84. The molecule has 0 spiro atoms. The van der Waals surface area contributed by atoms with Gasteiger partial charge in [-0.25, -0.2) is 4.79 Å². The van der Waals surface area contributed by atoms with Gasteiger partial charge in [0.2, 0.25) is 5.91 Å². The first-order chi connectivity index (χ1) is 16.0. The van der Waals surface area contributed by atoms with Crippen molar-refractivity contribution in [2.75, 3.05) is 11.9 Å². The number of carbonyl (C=O) groups excluding carboxylic acids is 2. The van der Waals surface area contributed by atoms with Crippen LogP contribution in [0.5, 0.6) is 0 Å². The van der Waals surface area contributed by atoms with Crippen molar-refractivity contribution in [3.63, 3.8) is 0 Å². The van der Waals surface area contributed by atoms with Crippen molar-refractivity contribution in [2.24, 2.45) is 5.92 Å². The molecule has 4 rings (SSSR count). The van der Waals surface area contributed by atoms with E-state index in [-0.39, 0.29) is 25.0 Å². The molecule has 2 amide bonds. The fourth-order valence-electron chi connectivity index (χ4n) is 3.60. The van der Waals surface area contributed by atoms with Gasteiger partial charge in [0.1, 0.15) is 22.6 Å². The quantitative estimate of drug-likeness (QED) is 0.499. The Balaban J connectivity index is 1.31. The fraction of sp³-hybridized carbons (Fsp3) is 0.304. The number of aromatic nitrogens is 1. The Bertz CT molecular complexity index is 1200.